The van der Waals surface area contributed by atoms with Crippen LogP contribution in [0.25, 0.3) is 11.4 Å². The molecule has 20 heteroatoms. The van der Waals surface area contributed by atoms with Gasteiger partial charge in [-0.25, -0.2) is 26.4 Å². The number of ether oxygens (including phenoxy) is 3. The van der Waals surface area contributed by atoms with Gasteiger partial charge in [0.25, 0.3) is 0 Å². The molecule has 0 aliphatic heterocycles. The number of nitrogens with zero attached hydrogens (tertiary/aromatic N) is 5. The van der Waals surface area contributed by atoms with E-state index in [2.05, 4.69) is 25.4 Å². The fraction of sp³-hybridized carbons (Fsp3) is 0.333. The molecule has 1 amide bonds. The minimum absolute atomic E-state index is 0.101. The Balaban J connectivity index is 1.78. The number of aliphatic hydroxyl groups is 1. The normalized spacial score (nSPS) is 12.6. The Labute approximate surface area is 356 Å². The van der Waals surface area contributed by atoms with Crippen LogP contribution in [-0.4, -0.2) is 98.2 Å². The fourth-order valence-electron chi connectivity index (χ4n) is 5.97. The summed E-state index contributed by atoms with van der Waals surface area (Å²) in [5, 5.41) is 34.3. The van der Waals surface area contributed by atoms with E-state index in [9.17, 15) is 23.4 Å². The van der Waals surface area contributed by atoms with Gasteiger partial charge in [0.1, 0.15) is 27.0 Å². The molecule has 4 aromatic carbocycles. The van der Waals surface area contributed by atoms with Gasteiger partial charge in [0.2, 0.25) is 25.9 Å². The minimum Gasteiger partial charge on any atom is -0.497 e. The highest BCUT2D eigenvalue weighted by Crippen LogP contribution is 2.43. The molecule has 0 radical (unpaired) electrons. The van der Waals surface area contributed by atoms with E-state index in [4.69, 9.17) is 14.2 Å². The topological polar surface area (TPSA) is 224 Å². The van der Waals surface area contributed by atoms with Gasteiger partial charge in [0.05, 0.1) is 46.1 Å². The lowest BCUT2D eigenvalue weighted by atomic mass is 9.86. The summed E-state index contributed by atoms with van der Waals surface area (Å²) in [6.07, 6.45) is -1.49. The molecule has 1 aromatic heterocycles. The highest BCUT2D eigenvalue weighted by molar-refractivity contribution is 14.1. The molecule has 0 aliphatic carbocycles. The lowest BCUT2D eigenvalue weighted by Crippen LogP contribution is -2.45. The van der Waals surface area contributed by atoms with Crippen molar-refractivity contribution in [2.24, 2.45) is 0 Å². The Hall–Kier alpha value is -4.87. The van der Waals surface area contributed by atoms with E-state index >= 15 is 8.42 Å². The first-order valence-electron chi connectivity index (χ1n) is 18.0. The summed E-state index contributed by atoms with van der Waals surface area (Å²) in [5.41, 5.74) is 1.53. The number of methoxy groups -OCH3 is 3. The lowest BCUT2D eigenvalue weighted by Gasteiger charge is -2.29. The second-order valence-corrected chi connectivity index (χ2v) is 19.0. The van der Waals surface area contributed by atoms with Crippen LogP contribution in [-0.2, 0) is 45.1 Å². The number of benzene rings is 4. The zero-order valence-electron chi connectivity index (χ0n) is 33.2. The number of aromatic nitrogens is 4. The van der Waals surface area contributed by atoms with Crippen molar-refractivity contribution in [3.63, 3.8) is 0 Å². The molecule has 0 saturated carbocycles. The third kappa shape index (κ3) is 11.0. The number of carboxylic acid groups (broad SMARTS) is 1. The maximum Gasteiger partial charge on any atom is 0.405 e. The number of hydrogen-bond acceptors (Lipinski definition) is 12. The maximum atomic E-state index is 15.6. The van der Waals surface area contributed by atoms with Crippen LogP contribution in [0, 0.1) is 3.57 Å². The van der Waals surface area contributed by atoms with Gasteiger partial charge in [0, 0.05) is 23.2 Å². The fourth-order valence-corrected chi connectivity index (χ4v) is 11.1. The van der Waals surface area contributed by atoms with E-state index in [0.29, 0.717) is 37.5 Å². The first-order chi connectivity index (χ1) is 27.9. The molecule has 5 rings (SSSR count). The van der Waals surface area contributed by atoms with E-state index in [-0.39, 0.29) is 31.0 Å². The number of nitrogens with one attached hydrogen (secondary N) is 2. The van der Waals surface area contributed by atoms with Gasteiger partial charge in [-0.15, -0.1) is 10.2 Å². The van der Waals surface area contributed by atoms with Gasteiger partial charge in [-0.3, -0.25) is 0 Å². The Morgan fingerprint density at radius 2 is 1.34 bits per heavy atom. The van der Waals surface area contributed by atoms with Crippen molar-refractivity contribution in [3.8, 4) is 28.6 Å². The monoisotopic (exact) mass is 963 g/mol. The smallest absolute Gasteiger partial charge is 0.405 e. The molecule has 1 heterocycles. The van der Waals surface area contributed by atoms with E-state index in [1.54, 1.807) is 67.8 Å². The summed E-state index contributed by atoms with van der Waals surface area (Å²) in [7, 11) is -5.12. The second kappa shape index (κ2) is 19.0. The van der Waals surface area contributed by atoms with Gasteiger partial charge < -0.3 is 29.7 Å². The van der Waals surface area contributed by atoms with Crippen molar-refractivity contribution in [2.45, 2.75) is 61.7 Å². The number of amides is 1. The number of carbonyl (C=O) groups is 1. The minimum atomic E-state index is -4.87. The van der Waals surface area contributed by atoms with Crippen molar-refractivity contribution in [1.29, 1.82) is 0 Å². The molecule has 0 fully saturated rings. The molecule has 5 aromatic rings. The summed E-state index contributed by atoms with van der Waals surface area (Å²) in [6, 6.07) is 20.8. The van der Waals surface area contributed by atoms with Crippen molar-refractivity contribution in [3.05, 3.63) is 105 Å². The van der Waals surface area contributed by atoms with E-state index in [0.717, 1.165) is 9.87 Å². The molecule has 1 unspecified atom stereocenters. The number of halogens is 1. The number of sulfonamides is 2. The molecule has 1 atom stereocenters. The quantitative estimate of drug-likeness (QED) is 0.0882. The molecule has 316 valence electrons. The third-order valence-corrected chi connectivity index (χ3v) is 13.7. The Bertz CT molecular complexity index is 2410. The maximum absolute atomic E-state index is 15.6. The molecule has 0 bridgehead atoms. The van der Waals surface area contributed by atoms with Crippen LogP contribution in [0.2, 0.25) is 0 Å². The van der Waals surface area contributed by atoms with Crippen LogP contribution in [0.15, 0.2) is 88.7 Å². The molecular formula is C39H46IN7O10S2. The number of aliphatic hydroxyl groups excluding tert-OH is 1. The molecule has 0 aliphatic rings. The van der Waals surface area contributed by atoms with Crippen molar-refractivity contribution >= 4 is 48.7 Å². The van der Waals surface area contributed by atoms with Gasteiger partial charge >= 0.3 is 6.09 Å². The summed E-state index contributed by atoms with van der Waals surface area (Å²) >= 11 is 1.99. The molecule has 59 heavy (non-hydrogen) atoms. The van der Waals surface area contributed by atoms with Crippen molar-refractivity contribution < 1.29 is 46.1 Å². The molecular weight excluding hydrogens is 918 g/mol. The van der Waals surface area contributed by atoms with E-state index in [1.807, 2.05) is 55.5 Å². The first kappa shape index (κ1) is 45.2. The zero-order valence-corrected chi connectivity index (χ0v) is 37.0. The number of tetrazole rings is 1. The summed E-state index contributed by atoms with van der Waals surface area (Å²) < 4.78 is 80.2. The number of hydrogen-bond donors (Lipinski definition) is 4. The predicted molar refractivity (Wildman–Crippen MR) is 226 cm³/mol. The highest BCUT2D eigenvalue weighted by atomic mass is 127. The molecule has 0 saturated heterocycles. The van der Waals surface area contributed by atoms with Crippen molar-refractivity contribution in [2.75, 3.05) is 34.5 Å². The molecule has 17 nitrogen and oxygen atoms in total. The van der Waals surface area contributed by atoms with Crippen LogP contribution in [0.5, 0.6) is 17.2 Å². The van der Waals surface area contributed by atoms with Gasteiger partial charge in [-0.05, 0) is 97.9 Å². The summed E-state index contributed by atoms with van der Waals surface area (Å²) in [5.74, 6) is 1.59. The SMILES string of the molecule is COc1ccc(CN(Cc2ccc(OC)cc2)S(=O)(=O)c2c(S(=O)(=O)NCC(CO)NC(=O)O)cc(C(C)(C)C)c(I)c2-c2nnn(Cc3ccc(OC)cc3)n2)cc1. The van der Waals surface area contributed by atoms with Crippen LogP contribution in [0.3, 0.4) is 0 Å². The Kier molecular flexibility index (Phi) is 14.6. The van der Waals surface area contributed by atoms with E-state index < -0.39 is 60.5 Å². The third-order valence-electron chi connectivity index (χ3n) is 9.14. The van der Waals surface area contributed by atoms with Crippen LogP contribution in [0.1, 0.15) is 43.0 Å². The largest absolute Gasteiger partial charge is 0.497 e. The first-order valence-corrected chi connectivity index (χ1v) is 22.0. The average Bonchev–Trinajstić information content (AvgIpc) is 3.66. The summed E-state index contributed by atoms with van der Waals surface area (Å²) in [4.78, 5) is 11.4. The second-order valence-electron chi connectivity index (χ2n) is 14.3. The molecule has 4 N–H and O–H groups in total. The predicted octanol–water partition coefficient (Wildman–Crippen LogP) is 4.61. The lowest BCUT2D eigenvalue weighted by molar-refractivity contribution is 0.177. The zero-order chi connectivity index (χ0) is 43.1. The van der Waals surface area contributed by atoms with Gasteiger partial charge in [0.15, 0.2) is 0 Å². The average molecular weight is 964 g/mol. The van der Waals surface area contributed by atoms with Crippen LogP contribution < -0.4 is 24.2 Å². The van der Waals surface area contributed by atoms with Gasteiger partial charge in [-0.1, -0.05) is 57.2 Å². The molecule has 0 spiro atoms. The summed E-state index contributed by atoms with van der Waals surface area (Å²) in [6.45, 7) is 3.93. The van der Waals surface area contributed by atoms with Crippen LogP contribution in [0.4, 0.5) is 4.79 Å². The Morgan fingerprint density at radius 3 is 1.78 bits per heavy atom. The standard InChI is InChI=1S/C39H46IN7O10S2/c1-39(2,3)32-19-33(58(51,52)41-20-28(24-48)42-38(49)50)36(34(35(32)40)37-43-45-47(44-37)23-27-11-17-31(57-6)18-12-27)59(53,54)46(21-25-7-13-29(55-4)14-8-25)22-26-9-15-30(56-5)16-10-26/h7-19,28,41-42,48H,20-24H2,1-6H3,(H,49,50). The van der Waals surface area contributed by atoms with E-state index in [1.165, 1.54) is 25.1 Å². The Morgan fingerprint density at radius 1 is 0.847 bits per heavy atom. The van der Waals surface area contributed by atoms with Gasteiger partial charge in [-0.2, -0.15) is 9.10 Å². The highest BCUT2D eigenvalue weighted by Gasteiger charge is 2.40. The van der Waals surface area contributed by atoms with Crippen molar-refractivity contribution in [1.82, 2.24) is 34.6 Å². The number of rotatable bonds is 18. The van der Waals surface area contributed by atoms with Crippen LogP contribution >= 0.6 is 22.6 Å².